The molecular weight excluding hydrogens is 210 g/mol. The van der Waals surface area contributed by atoms with Gasteiger partial charge in [0, 0.05) is 45.8 Å². The molecule has 0 radical (unpaired) electrons. The number of hydrogen-bond acceptors (Lipinski definition) is 3. The molecule has 0 aliphatic carbocycles. The monoisotopic (exact) mass is 239 g/mol. The van der Waals surface area contributed by atoms with Crippen molar-refractivity contribution >= 4 is 0 Å². The van der Waals surface area contributed by atoms with Crippen molar-refractivity contribution in [2.45, 2.75) is 13.8 Å². The van der Waals surface area contributed by atoms with E-state index in [-0.39, 0.29) is 0 Å². The summed E-state index contributed by atoms with van der Waals surface area (Å²) in [5.74, 6) is 2.60. The Morgan fingerprint density at radius 3 is 1.88 bits per heavy atom. The van der Waals surface area contributed by atoms with Crippen molar-refractivity contribution in [3.05, 3.63) is 0 Å². The molecule has 2 fully saturated rings. The smallest absolute Gasteiger partial charge is 0.0110 e. The van der Waals surface area contributed by atoms with Crippen LogP contribution in [0.5, 0.6) is 0 Å². The second-order valence-electron chi connectivity index (χ2n) is 6.44. The molecule has 2 aliphatic heterocycles. The summed E-state index contributed by atoms with van der Waals surface area (Å²) in [5.41, 5.74) is 0. The molecule has 3 nitrogen and oxygen atoms in total. The largest absolute Gasteiger partial charge is 0.306 e. The van der Waals surface area contributed by atoms with E-state index in [4.69, 9.17) is 0 Å². The first-order valence-electron chi connectivity index (χ1n) is 7.15. The average Bonchev–Trinajstić information content (AvgIpc) is 2.26. The van der Waals surface area contributed by atoms with Crippen LogP contribution < -0.4 is 0 Å². The van der Waals surface area contributed by atoms with Gasteiger partial charge in [0.05, 0.1) is 0 Å². The molecule has 0 aromatic carbocycles. The minimum atomic E-state index is 0.850. The first kappa shape index (κ1) is 13.3. The molecule has 2 unspecified atom stereocenters. The summed E-state index contributed by atoms with van der Waals surface area (Å²) < 4.78 is 0. The second-order valence-corrected chi connectivity index (χ2v) is 6.44. The van der Waals surface area contributed by atoms with Crippen LogP contribution in [0.4, 0.5) is 0 Å². The van der Waals surface area contributed by atoms with E-state index in [1.54, 1.807) is 0 Å². The van der Waals surface area contributed by atoms with Gasteiger partial charge >= 0.3 is 0 Å². The molecule has 100 valence electrons. The number of nitrogens with zero attached hydrogens (tertiary/aromatic N) is 3. The van der Waals surface area contributed by atoms with Crippen molar-refractivity contribution < 1.29 is 0 Å². The van der Waals surface area contributed by atoms with E-state index in [2.05, 4.69) is 42.6 Å². The van der Waals surface area contributed by atoms with E-state index in [0.29, 0.717) is 0 Å². The summed E-state index contributed by atoms with van der Waals surface area (Å²) in [6.45, 7) is 13.8. The number of rotatable bonds is 2. The number of piperidine rings is 1. The number of piperazine rings is 1. The van der Waals surface area contributed by atoms with Crippen molar-refractivity contribution in [2.75, 3.05) is 59.9 Å². The molecule has 0 bridgehead atoms. The van der Waals surface area contributed by atoms with E-state index in [1.165, 1.54) is 45.8 Å². The van der Waals surface area contributed by atoms with Crippen molar-refractivity contribution in [2.24, 2.45) is 17.8 Å². The highest BCUT2D eigenvalue weighted by molar-refractivity contribution is 4.84. The molecule has 0 aromatic rings. The van der Waals surface area contributed by atoms with E-state index in [0.717, 1.165) is 17.8 Å². The minimum Gasteiger partial charge on any atom is -0.306 e. The zero-order chi connectivity index (χ0) is 12.4. The molecule has 2 aliphatic rings. The Morgan fingerprint density at radius 1 is 0.824 bits per heavy atom. The Kier molecular flexibility index (Phi) is 4.45. The third-order valence-electron chi connectivity index (χ3n) is 4.73. The summed E-state index contributed by atoms with van der Waals surface area (Å²) in [7, 11) is 4.50. The Labute approximate surface area is 107 Å². The third-order valence-corrected chi connectivity index (χ3v) is 4.73. The van der Waals surface area contributed by atoms with Gasteiger partial charge in [0.25, 0.3) is 0 Å². The van der Waals surface area contributed by atoms with Gasteiger partial charge in [-0.05, 0) is 31.8 Å². The summed E-state index contributed by atoms with van der Waals surface area (Å²) in [5, 5.41) is 0. The maximum atomic E-state index is 2.68. The lowest BCUT2D eigenvalue weighted by Crippen LogP contribution is -2.51. The molecule has 2 rings (SSSR count). The maximum Gasteiger partial charge on any atom is 0.0110 e. The quantitative estimate of drug-likeness (QED) is 0.714. The average molecular weight is 239 g/mol. The lowest BCUT2D eigenvalue weighted by molar-refractivity contribution is 0.0502. The van der Waals surface area contributed by atoms with E-state index in [1.807, 2.05) is 0 Å². The standard InChI is InChI=1S/C14H29N3/c1-12-9-16(4)10-13(2)14(12)11-17-7-5-15(3)6-8-17/h12-14H,5-11H2,1-4H3. The predicted octanol–water partition coefficient (Wildman–Crippen LogP) is 1.07. The highest BCUT2D eigenvalue weighted by Crippen LogP contribution is 2.28. The number of likely N-dealkylation sites (N-methyl/N-ethyl adjacent to an activating group) is 1. The topological polar surface area (TPSA) is 9.72 Å². The lowest BCUT2D eigenvalue weighted by atomic mass is 9.79. The molecule has 0 aromatic heterocycles. The van der Waals surface area contributed by atoms with E-state index < -0.39 is 0 Å². The minimum absolute atomic E-state index is 0.850. The highest BCUT2D eigenvalue weighted by Gasteiger charge is 2.32. The summed E-state index contributed by atoms with van der Waals surface area (Å²) >= 11 is 0. The fourth-order valence-corrected chi connectivity index (χ4v) is 3.58. The van der Waals surface area contributed by atoms with Gasteiger partial charge in [0.15, 0.2) is 0 Å². The predicted molar refractivity (Wildman–Crippen MR) is 73.3 cm³/mol. The Morgan fingerprint density at radius 2 is 1.35 bits per heavy atom. The van der Waals surface area contributed by atoms with Crippen molar-refractivity contribution in [1.29, 1.82) is 0 Å². The molecule has 0 saturated carbocycles. The normalized spacial score (nSPS) is 38.5. The first-order valence-corrected chi connectivity index (χ1v) is 7.15. The van der Waals surface area contributed by atoms with Crippen LogP contribution in [0, 0.1) is 17.8 Å². The Hall–Kier alpha value is -0.120. The van der Waals surface area contributed by atoms with Crippen LogP contribution in [0.3, 0.4) is 0 Å². The number of likely N-dealkylation sites (tertiary alicyclic amines) is 1. The number of hydrogen-bond donors (Lipinski definition) is 0. The van der Waals surface area contributed by atoms with Gasteiger partial charge in [0.1, 0.15) is 0 Å². The fourth-order valence-electron chi connectivity index (χ4n) is 3.58. The maximum absolute atomic E-state index is 2.68. The zero-order valence-electron chi connectivity index (χ0n) is 12.0. The van der Waals surface area contributed by atoms with Crippen molar-refractivity contribution in [1.82, 2.24) is 14.7 Å². The van der Waals surface area contributed by atoms with Crippen molar-refractivity contribution in [3.8, 4) is 0 Å². The molecule has 0 amide bonds. The molecule has 2 heterocycles. The van der Waals surface area contributed by atoms with E-state index >= 15 is 0 Å². The summed E-state index contributed by atoms with van der Waals surface area (Å²) in [4.78, 5) is 7.62. The fraction of sp³-hybridized carbons (Fsp3) is 1.00. The van der Waals surface area contributed by atoms with Gasteiger partial charge in [-0.25, -0.2) is 0 Å². The van der Waals surface area contributed by atoms with E-state index in [9.17, 15) is 0 Å². The van der Waals surface area contributed by atoms with Gasteiger partial charge in [0.2, 0.25) is 0 Å². The molecule has 3 heteroatoms. The van der Waals surface area contributed by atoms with Crippen LogP contribution in [0.1, 0.15) is 13.8 Å². The second kappa shape index (κ2) is 5.68. The molecular formula is C14H29N3. The van der Waals surface area contributed by atoms with Crippen LogP contribution in [0.15, 0.2) is 0 Å². The van der Waals surface area contributed by atoms with Crippen LogP contribution in [-0.4, -0.2) is 74.6 Å². The van der Waals surface area contributed by atoms with Gasteiger partial charge in [-0.15, -0.1) is 0 Å². The van der Waals surface area contributed by atoms with Gasteiger partial charge in [-0.3, -0.25) is 0 Å². The van der Waals surface area contributed by atoms with Gasteiger partial charge < -0.3 is 14.7 Å². The van der Waals surface area contributed by atoms with Crippen LogP contribution in [0.25, 0.3) is 0 Å². The van der Waals surface area contributed by atoms with Gasteiger partial charge in [-0.1, -0.05) is 13.8 Å². The van der Waals surface area contributed by atoms with Crippen LogP contribution in [-0.2, 0) is 0 Å². The molecule has 17 heavy (non-hydrogen) atoms. The summed E-state index contributed by atoms with van der Waals surface area (Å²) in [6, 6.07) is 0. The molecule has 0 N–H and O–H groups in total. The highest BCUT2D eigenvalue weighted by atomic mass is 15.2. The summed E-state index contributed by atoms with van der Waals surface area (Å²) in [6.07, 6.45) is 0. The van der Waals surface area contributed by atoms with Crippen LogP contribution >= 0.6 is 0 Å². The Balaban J connectivity index is 1.85. The first-order chi connectivity index (χ1) is 8.06. The van der Waals surface area contributed by atoms with Gasteiger partial charge in [-0.2, -0.15) is 0 Å². The molecule has 2 atom stereocenters. The molecule has 2 saturated heterocycles. The third kappa shape index (κ3) is 3.43. The zero-order valence-corrected chi connectivity index (χ0v) is 12.0. The van der Waals surface area contributed by atoms with Crippen LogP contribution in [0.2, 0.25) is 0 Å². The lowest BCUT2D eigenvalue weighted by Gasteiger charge is -2.43. The molecule has 0 spiro atoms. The SMILES string of the molecule is CC1CN(C)CC(C)C1CN1CCN(C)CC1. The van der Waals surface area contributed by atoms with Crippen molar-refractivity contribution in [3.63, 3.8) is 0 Å². The Bertz CT molecular complexity index is 224.